The fraction of sp³-hybridized carbons (Fsp3) is 0.938. The average molecular weight is 264 g/mol. The van der Waals surface area contributed by atoms with Gasteiger partial charge in [-0.1, -0.05) is 20.3 Å². The molecule has 3 fully saturated rings. The van der Waals surface area contributed by atoms with Crippen LogP contribution in [0.2, 0.25) is 0 Å². The van der Waals surface area contributed by atoms with Gasteiger partial charge in [0.05, 0.1) is 0 Å². The number of nitrogens with one attached hydrogen (secondary N) is 1. The maximum atomic E-state index is 12.3. The number of fused-ring (bicyclic) bond motifs is 2. The van der Waals surface area contributed by atoms with Gasteiger partial charge >= 0.3 is 0 Å². The molecule has 3 unspecified atom stereocenters. The topological polar surface area (TPSA) is 55.1 Å². The summed E-state index contributed by atoms with van der Waals surface area (Å²) in [6.07, 6.45) is 7.09. The van der Waals surface area contributed by atoms with Gasteiger partial charge in [0.2, 0.25) is 5.91 Å². The largest absolute Gasteiger partial charge is 0.356 e. The molecule has 3 aliphatic rings. The third-order valence-electron chi connectivity index (χ3n) is 6.02. The third kappa shape index (κ3) is 2.67. The van der Waals surface area contributed by atoms with Gasteiger partial charge in [-0.25, -0.2) is 0 Å². The van der Waals surface area contributed by atoms with Crippen molar-refractivity contribution >= 4 is 5.91 Å². The summed E-state index contributed by atoms with van der Waals surface area (Å²) in [5.74, 6) is 2.42. The van der Waals surface area contributed by atoms with Gasteiger partial charge in [-0.05, 0) is 55.3 Å². The number of hydrogen-bond acceptors (Lipinski definition) is 2. The van der Waals surface area contributed by atoms with Gasteiger partial charge in [-0.15, -0.1) is 0 Å². The van der Waals surface area contributed by atoms with Crippen molar-refractivity contribution in [1.29, 1.82) is 0 Å². The lowest BCUT2D eigenvalue weighted by molar-refractivity contribution is -0.128. The first-order valence-electron chi connectivity index (χ1n) is 8.00. The lowest BCUT2D eigenvalue weighted by Crippen LogP contribution is -2.49. The molecule has 2 bridgehead atoms. The Morgan fingerprint density at radius 2 is 1.84 bits per heavy atom. The van der Waals surface area contributed by atoms with E-state index in [0.29, 0.717) is 35.1 Å². The maximum absolute atomic E-state index is 12.3. The van der Waals surface area contributed by atoms with Gasteiger partial charge in [0, 0.05) is 18.5 Å². The van der Waals surface area contributed by atoms with Gasteiger partial charge in [-0.3, -0.25) is 4.79 Å². The van der Waals surface area contributed by atoms with Gasteiger partial charge < -0.3 is 11.1 Å². The number of amides is 1. The molecule has 108 valence electrons. The van der Waals surface area contributed by atoms with Crippen LogP contribution in [-0.4, -0.2) is 18.5 Å². The van der Waals surface area contributed by atoms with Crippen molar-refractivity contribution < 1.29 is 4.79 Å². The second-order valence-corrected chi connectivity index (χ2v) is 7.83. The van der Waals surface area contributed by atoms with E-state index in [1.165, 1.54) is 25.7 Å². The Morgan fingerprint density at radius 1 is 1.26 bits per heavy atom. The van der Waals surface area contributed by atoms with Crippen LogP contribution in [0.15, 0.2) is 0 Å². The highest BCUT2D eigenvalue weighted by Gasteiger charge is 2.46. The number of nitrogens with two attached hydrogens (primary N) is 1. The molecule has 3 nitrogen and oxygen atoms in total. The molecule has 0 aliphatic heterocycles. The van der Waals surface area contributed by atoms with Crippen molar-refractivity contribution in [3.8, 4) is 0 Å². The predicted octanol–water partition coefficient (Wildman–Crippen LogP) is 2.30. The smallest absolute Gasteiger partial charge is 0.223 e. The maximum Gasteiger partial charge on any atom is 0.223 e. The van der Waals surface area contributed by atoms with Crippen molar-refractivity contribution in [2.75, 3.05) is 6.54 Å². The molecule has 19 heavy (non-hydrogen) atoms. The first-order valence-corrected chi connectivity index (χ1v) is 8.00. The molecule has 0 heterocycles. The molecule has 0 aromatic carbocycles. The first-order chi connectivity index (χ1) is 8.97. The molecule has 0 spiro atoms. The molecular weight excluding hydrogens is 236 g/mol. The number of carbonyl (C=O) groups is 1. The van der Waals surface area contributed by atoms with E-state index in [2.05, 4.69) is 19.2 Å². The number of carbonyl (C=O) groups excluding carboxylic acids is 1. The minimum absolute atomic E-state index is 0.233. The van der Waals surface area contributed by atoms with E-state index in [1.807, 2.05) is 0 Å². The molecule has 1 amide bonds. The SMILES string of the molecule is CC1(C)CC1CNC(=O)C1CC2CCCC(C1)C2N. The summed E-state index contributed by atoms with van der Waals surface area (Å²) in [6.45, 7) is 5.45. The Morgan fingerprint density at radius 3 is 2.37 bits per heavy atom. The van der Waals surface area contributed by atoms with E-state index in [1.54, 1.807) is 0 Å². The Balaban J connectivity index is 1.50. The summed E-state index contributed by atoms with van der Waals surface area (Å²) in [6, 6.07) is 0.361. The van der Waals surface area contributed by atoms with E-state index < -0.39 is 0 Å². The van der Waals surface area contributed by atoms with Gasteiger partial charge in [0.25, 0.3) is 0 Å². The number of hydrogen-bond donors (Lipinski definition) is 2. The van der Waals surface area contributed by atoms with Crippen LogP contribution < -0.4 is 11.1 Å². The van der Waals surface area contributed by atoms with Crippen LogP contribution in [-0.2, 0) is 4.79 Å². The average Bonchev–Trinajstić information content (AvgIpc) is 2.93. The summed E-state index contributed by atoms with van der Waals surface area (Å²) in [5, 5.41) is 3.19. The fourth-order valence-electron chi connectivity index (χ4n) is 4.30. The second kappa shape index (κ2) is 4.76. The summed E-state index contributed by atoms with van der Waals surface area (Å²) in [7, 11) is 0. The van der Waals surface area contributed by atoms with Crippen LogP contribution >= 0.6 is 0 Å². The zero-order chi connectivity index (χ0) is 13.6. The third-order valence-corrected chi connectivity index (χ3v) is 6.02. The summed E-state index contributed by atoms with van der Waals surface area (Å²) >= 11 is 0. The van der Waals surface area contributed by atoms with Crippen molar-refractivity contribution in [3.63, 3.8) is 0 Å². The quantitative estimate of drug-likeness (QED) is 0.822. The minimum atomic E-state index is 0.233. The monoisotopic (exact) mass is 264 g/mol. The highest BCUT2D eigenvalue weighted by molar-refractivity contribution is 5.78. The Labute approximate surface area is 116 Å². The molecule has 0 aromatic rings. The Hall–Kier alpha value is -0.570. The van der Waals surface area contributed by atoms with E-state index in [-0.39, 0.29) is 5.92 Å². The molecule has 3 N–H and O–H groups in total. The zero-order valence-electron chi connectivity index (χ0n) is 12.3. The molecule has 0 aromatic heterocycles. The van der Waals surface area contributed by atoms with Gasteiger partial charge in [0.15, 0.2) is 0 Å². The van der Waals surface area contributed by atoms with Gasteiger partial charge in [-0.2, -0.15) is 0 Å². The van der Waals surface area contributed by atoms with Gasteiger partial charge in [0.1, 0.15) is 0 Å². The van der Waals surface area contributed by atoms with Crippen molar-refractivity contribution in [2.24, 2.45) is 34.8 Å². The van der Waals surface area contributed by atoms with E-state index in [4.69, 9.17) is 5.73 Å². The normalized spacial score (nSPS) is 43.6. The molecule has 3 saturated carbocycles. The number of rotatable bonds is 3. The Kier molecular flexibility index (Phi) is 3.36. The highest BCUT2D eigenvalue weighted by atomic mass is 16.1. The van der Waals surface area contributed by atoms with Crippen LogP contribution in [0.4, 0.5) is 0 Å². The van der Waals surface area contributed by atoms with E-state index in [9.17, 15) is 4.79 Å². The standard InChI is InChI=1S/C16H28N2O/c1-16(2)8-13(16)9-18-15(19)12-6-10-4-3-5-11(7-12)14(10)17/h10-14H,3-9,17H2,1-2H3,(H,18,19). The molecular formula is C16H28N2O. The zero-order valence-corrected chi connectivity index (χ0v) is 12.3. The minimum Gasteiger partial charge on any atom is -0.356 e. The predicted molar refractivity (Wildman–Crippen MR) is 76.4 cm³/mol. The highest BCUT2D eigenvalue weighted by Crippen LogP contribution is 2.51. The second-order valence-electron chi connectivity index (χ2n) is 7.83. The van der Waals surface area contributed by atoms with Crippen molar-refractivity contribution in [1.82, 2.24) is 5.32 Å². The van der Waals surface area contributed by atoms with Crippen molar-refractivity contribution in [3.05, 3.63) is 0 Å². The summed E-state index contributed by atoms with van der Waals surface area (Å²) < 4.78 is 0. The fourth-order valence-corrected chi connectivity index (χ4v) is 4.30. The molecule has 3 rings (SSSR count). The lowest BCUT2D eigenvalue weighted by atomic mass is 9.65. The van der Waals surface area contributed by atoms with Crippen LogP contribution in [0.3, 0.4) is 0 Å². The van der Waals surface area contributed by atoms with Crippen LogP contribution in [0.5, 0.6) is 0 Å². The Bertz CT molecular complexity index is 352. The van der Waals surface area contributed by atoms with E-state index in [0.717, 1.165) is 19.4 Å². The molecule has 3 atom stereocenters. The van der Waals surface area contributed by atoms with Crippen LogP contribution in [0.25, 0.3) is 0 Å². The van der Waals surface area contributed by atoms with E-state index >= 15 is 0 Å². The summed E-state index contributed by atoms with van der Waals surface area (Å²) in [4.78, 5) is 12.3. The molecule has 0 saturated heterocycles. The summed E-state index contributed by atoms with van der Waals surface area (Å²) in [5.41, 5.74) is 6.74. The molecule has 0 radical (unpaired) electrons. The first kappa shape index (κ1) is 13.4. The van der Waals surface area contributed by atoms with Crippen LogP contribution in [0, 0.1) is 29.1 Å². The van der Waals surface area contributed by atoms with Crippen molar-refractivity contribution in [2.45, 2.75) is 58.4 Å². The lowest BCUT2D eigenvalue weighted by Gasteiger charge is -2.43. The molecule has 3 aliphatic carbocycles. The van der Waals surface area contributed by atoms with Crippen LogP contribution in [0.1, 0.15) is 52.4 Å². The molecule has 3 heteroatoms.